The molecule has 0 saturated heterocycles. The Kier molecular flexibility index (Phi) is 2.71. The molecule has 0 aliphatic rings. The van der Waals surface area contributed by atoms with Gasteiger partial charge in [0.1, 0.15) is 6.10 Å². The van der Waals surface area contributed by atoms with Crippen LogP contribution in [0.2, 0.25) is 0 Å². The smallest absolute Gasteiger partial charge is 0.342 e. The first-order chi connectivity index (χ1) is 5.70. The highest BCUT2D eigenvalue weighted by Gasteiger charge is 2.12. The molecule has 1 unspecified atom stereocenters. The zero-order valence-corrected chi connectivity index (χ0v) is 6.47. The van der Waals surface area contributed by atoms with Crippen LogP contribution in [0.5, 0.6) is 6.01 Å². The molecule has 0 aliphatic heterocycles. The number of rotatable bonds is 2. The van der Waals surface area contributed by atoms with Gasteiger partial charge in [-0.05, 0) is 13.0 Å². The molecule has 1 atom stereocenters. The molecule has 1 aromatic heterocycles. The van der Waals surface area contributed by atoms with Crippen LogP contribution in [0, 0.1) is 0 Å². The van der Waals surface area contributed by atoms with Gasteiger partial charge in [0, 0.05) is 12.4 Å². The van der Waals surface area contributed by atoms with Gasteiger partial charge >= 0.3 is 12.0 Å². The Morgan fingerprint density at radius 2 is 2.17 bits per heavy atom. The van der Waals surface area contributed by atoms with Crippen LogP contribution >= 0.6 is 0 Å². The van der Waals surface area contributed by atoms with E-state index in [1.54, 1.807) is 6.07 Å². The molecule has 5 nitrogen and oxygen atoms in total. The third kappa shape index (κ3) is 2.28. The fraction of sp³-hybridized carbons (Fsp3) is 0.286. The zero-order valence-electron chi connectivity index (χ0n) is 6.47. The average molecular weight is 168 g/mol. The molecule has 1 N–H and O–H groups in total. The minimum atomic E-state index is -1.16. The van der Waals surface area contributed by atoms with Gasteiger partial charge in [0.15, 0.2) is 0 Å². The van der Waals surface area contributed by atoms with Crippen molar-refractivity contribution in [2.45, 2.75) is 13.0 Å². The predicted molar refractivity (Wildman–Crippen MR) is 39.3 cm³/mol. The van der Waals surface area contributed by atoms with Gasteiger partial charge in [-0.25, -0.2) is 14.8 Å². The first-order valence-electron chi connectivity index (χ1n) is 3.37. The Morgan fingerprint density at radius 3 is 2.67 bits per heavy atom. The van der Waals surface area contributed by atoms with Crippen molar-refractivity contribution in [2.75, 3.05) is 0 Å². The molecule has 1 aromatic rings. The molecule has 0 saturated carbocycles. The van der Waals surface area contributed by atoms with Gasteiger partial charge in [-0.15, -0.1) is 0 Å². The first-order valence-corrected chi connectivity index (χ1v) is 3.37. The molecule has 0 fully saturated rings. The number of aliphatic hydroxyl groups is 1. The highest BCUT2D eigenvalue weighted by atomic mass is 16.6. The lowest BCUT2D eigenvalue weighted by molar-refractivity contribution is -0.143. The van der Waals surface area contributed by atoms with Crippen LogP contribution in [0.1, 0.15) is 6.92 Å². The van der Waals surface area contributed by atoms with Crippen molar-refractivity contribution in [2.24, 2.45) is 0 Å². The number of ether oxygens (including phenoxy) is 1. The summed E-state index contributed by atoms with van der Waals surface area (Å²) in [5.74, 6) is -0.763. The highest BCUT2D eigenvalue weighted by Crippen LogP contribution is 1.98. The number of carbonyl (C=O) groups excluding carboxylic acids is 1. The van der Waals surface area contributed by atoms with Gasteiger partial charge < -0.3 is 9.84 Å². The Labute approximate surface area is 69.0 Å². The summed E-state index contributed by atoms with van der Waals surface area (Å²) >= 11 is 0. The van der Waals surface area contributed by atoms with Gasteiger partial charge in [0.05, 0.1) is 0 Å². The maximum absolute atomic E-state index is 10.8. The third-order valence-electron chi connectivity index (χ3n) is 1.08. The summed E-state index contributed by atoms with van der Waals surface area (Å²) in [4.78, 5) is 18.0. The van der Waals surface area contributed by atoms with Gasteiger partial charge in [-0.2, -0.15) is 0 Å². The summed E-state index contributed by atoms with van der Waals surface area (Å²) in [5.41, 5.74) is 0. The van der Waals surface area contributed by atoms with Crippen LogP contribution in [-0.2, 0) is 4.79 Å². The molecular weight excluding hydrogens is 160 g/mol. The number of aromatic nitrogens is 2. The molecule has 1 rings (SSSR count). The van der Waals surface area contributed by atoms with Crippen LogP contribution in [0.15, 0.2) is 18.5 Å². The summed E-state index contributed by atoms with van der Waals surface area (Å²) < 4.78 is 4.56. The molecule has 0 amide bonds. The summed E-state index contributed by atoms with van der Waals surface area (Å²) in [6, 6.07) is 1.54. The quantitative estimate of drug-likeness (QED) is 0.617. The molecule has 5 heteroatoms. The van der Waals surface area contributed by atoms with E-state index in [1.165, 1.54) is 19.3 Å². The minimum absolute atomic E-state index is 0.0524. The maximum Gasteiger partial charge on any atom is 0.342 e. The van der Waals surface area contributed by atoms with Crippen molar-refractivity contribution < 1.29 is 14.6 Å². The minimum Gasteiger partial charge on any atom is -0.389 e. The van der Waals surface area contributed by atoms with Crippen LogP contribution in [0.4, 0.5) is 0 Å². The number of hydrogen-bond donors (Lipinski definition) is 1. The lowest BCUT2D eigenvalue weighted by Crippen LogP contribution is -2.22. The Hall–Kier alpha value is -1.49. The van der Waals surface area contributed by atoms with Gasteiger partial charge in [0.25, 0.3) is 0 Å². The van der Waals surface area contributed by atoms with Crippen molar-refractivity contribution >= 4 is 5.97 Å². The van der Waals surface area contributed by atoms with E-state index < -0.39 is 12.1 Å². The molecule has 0 aromatic carbocycles. The van der Waals surface area contributed by atoms with Crippen LogP contribution < -0.4 is 4.74 Å². The second kappa shape index (κ2) is 3.77. The Morgan fingerprint density at radius 1 is 1.58 bits per heavy atom. The topological polar surface area (TPSA) is 72.3 Å². The average Bonchev–Trinajstić information content (AvgIpc) is 2.06. The maximum atomic E-state index is 10.8. The van der Waals surface area contributed by atoms with E-state index in [0.29, 0.717) is 0 Å². The van der Waals surface area contributed by atoms with Crippen LogP contribution in [-0.4, -0.2) is 27.1 Å². The normalized spacial score (nSPS) is 12.2. The van der Waals surface area contributed by atoms with E-state index in [-0.39, 0.29) is 6.01 Å². The number of nitrogens with zero attached hydrogens (tertiary/aromatic N) is 2. The standard InChI is InChI=1S/C7H8N2O3/c1-5(10)6(11)12-7-8-3-2-4-9-7/h2-5,10H,1H3. The number of esters is 1. The van der Waals surface area contributed by atoms with E-state index in [0.717, 1.165) is 0 Å². The SMILES string of the molecule is CC(O)C(=O)Oc1ncccn1. The van der Waals surface area contributed by atoms with Crippen molar-refractivity contribution in [1.82, 2.24) is 9.97 Å². The van der Waals surface area contributed by atoms with Crippen molar-refractivity contribution in [3.05, 3.63) is 18.5 Å². The molecule has 0 spiro atoms. The molecule has 1 heterocycles. The lowest BCUT2D eigenvalue weighted by Gasteiger charge is -2.02. The van der Waals surface area contributed by atoms with E-state index >= 15 is 0 Å². The Balaban J connectivity index is 2.59. The van der Waals surface area contributed by atoms with Gasteiger partial charge in [-0.3, -0.25) is 0 Å². The van der Waals surface area contributed by atoms with Crippen molar-refractivity contribution in [3.63, 3.8) is 0 Å². The molecule has 0 radical (unpaired) electrons. The van der Waals surface area contributed by atoms with E-state index in [2.05, 4.69) is 14.7 Å². The van der Waals surface area contributed by atoms with Gasteiger partial charge in [-0.1, -0.05) is 0 Å². The van der Waals surface area contributed by atoms with Crippen LogP contribution in [0.25, 0.3) is 0 Å². The van der Waals surface area contributed by atoms with Crippen molar-refractivity contribution in [3.8, 4) is 6.01 Å². The fourth-order valence-electron chi connectivity index (χ4n) is 0.513. The van der Waals surface area contributed by atoms with Crippen molar-refractivity contribution in [1.29, 1.82) is 0 Å². The van der Waals surface area contributed by atoms with E-state index in [1.807, 2.05) is 0 Å². The number of carbonyl (C=O) groups is 1. The first kappa shape index (κ1) is 8.61. The molecular formula is C7H8N2O3. The molecule has 64 valence electrons. The second-order valence-electron chi connectivity index (χ2n) is 2.13. The molecule has 0 bridgehead atoms. The highest BCUT2D eigenvalue weighted by molar-refractivity contribution is 5.75. The lowest BCUT2D eigenvalue weighted by atomic mass is 10.4. The second-order valence-corrected chi connectivity index (χ2v) is 2.13. The summed E-state index contributed by atoms with van der Waals surface area (Å²) in [5, 5.41) is 8.75. The number of hydrogen-bond acceptors (Lipinski definition) is 5. The summed E-state index contributed by atoms with van der Waals surface area (Å²) in [7, 11) is 0. The Bertz CT molecular complexity index is 261. The third-order valence-corrected chi connectivity index (χ3v) is 1.08. The monoisotopic (exact) mass is 168 g/mol. The zero-order chi connectivity index (χ0) is 8.97. The summed E-state index contributed by atoms with van der Waals surface area (Å²) in [6.07, 6.45) is 1.73. The predicted octanol–water partition coefficient (Wildman–Crippen LogP) is -0.237. The van der Waals surface area contributed by atoms with E-state index in [9.17, 15) is 4.79 Å². The number of aliphatic hydroxyl groups excluding tert-OH is 1. The van der Waals surface area contributed by atoms with Crippen LogP contribution in [0.3, 0.4) is 0 Å². The molecule has 12 heavy (non-hydrogen) atoms. The fourth-order valence-corrected chi connectivity index (χ4v) is 0.513. The summed E-state index contributed by atoms with van der Waals surface area (Å²) in [6.45, 7) is 1.31. The van der Waals surface area contributed by atoms with E-state index in [4.69, 9.17) is 5.11 Å². The molecule has 0 aliphatic carbocycles. The largest absolute Gasteiger partial charge is 0.389 e. The van der Waals surface area contributed by atoms with Gasteiger partial charge in [0.2, 0.25) is 0 Å².